The highest BCUT2D eigenvalue weighted by atomic mass is 14.7. The van der Waals surface area contributed by atoms with Crippen molar-refractivity contribution in [2.24, 2.45) is 0 Å². The minimum atomic E-state index is 0.921. The maximum atomic E-state index is 4.45. The van der Waals surface area contributed by atoms with E-state index in [2.05, 4.69) is 21.1 Å². The molecule has 0 amide bonds. The fourth-order valence-corrected chi connectivity index (χ4v) is 1.84. The highest BCUT2D eigenvalue weighted by molar-refractivity contribution is 5.79. The summed E-state index contributed by atoms with van der Waals surface area (Å²) in [6.07, 6.45) is 10.0. The first-order valence-corrected chi connectivity index (χ1v) is 5.63. The van der Waals surface area contributed by atoms with E-state index in [4.69, 9.17) is 0 Å². The monoisotopic (exact) mass is 232 g/mol. The minimum absolute atomic E-state index is 0.921. The van der Waals surface area contributed by atoms with Crippen molar-refractivity contribution in [2.75, 3.05) is 0 Å². The van der Waals surface area contributed by atoms with E-state index in [-0.39, 0.29) is 0 Å². The Balaban J connectivity index is 2.18. The molecule has 1 radical (unpaired) electrons. The molecule has 85 valence electrons. The number of pyridine rings is 3. The van der Waals surface area contributed by atoms with Gasteiger partial charge < -0.3 is 0 Å². The van der Waals surface area contributed by atoms with Gasteiger partial charge in [-0.2, -0.15) is 0 Å². The van der Waals surface area contributed by atoms with Gasteiger partial charge in [-0.1, -0.05) is 12.1 Å². The Morgan fingerprint density at radius 3 is 2.44 bits per heavy atom. The van der Waals surface area contributed by atoms with Gasteiger partial charge in [0.1, 0.15) is 0 Å². The quantitative estimate of drug-likeness (QED) is 0.681. The highest BCUT2D eigenvalue weighted by Crippen LogP contribution is 2.28. The van der Waals surface area contributed by atoms with Crippen LogP contribution in [0.5, 0.6) is 0 Å². The zero-order valence-corrected chi connectivity index (χ0v) is 9.62. The maximum Gasteiger partial charge on any atom is 0.0971 e. The summed E-state index contributed by atoms with van der Waals surface area (Å²) >= 11 is 0. The van der Waals surface area contributed by atoms with Gasteiger partial charge in [-0.3, -0.25) is 15.0 Å². The Labute approximate surface area is 105 Å². The van der Waals surface area contributed by atoms with E-state index in [1.165, 1.54) is 0 Å². The molecule has 3 heterocycles. The van der Waals surface area contributed by atoms with Crippen LogP contribution in [0.4, 0.5) is 0 Å². The van der Waals surface area contributed by atoms with Crippen molar-refractivity contribution in [3.05, 3.63) is 67.4 Å². The lowest BCUT2D eigenvalue weighted by molar-refractivity contribution is 1.27. The number of nitrogens with zero attached hydrogens (tertiary/aromatic N) is 3. The zero-order chi connectivity index (χ0) is 12.2. The number of hydrogen-bond acceptors (Lipinski definition) is 3. The SMILES string of the molecule is [c]1ncccc1-c1cccnc1-c1ccncc1. The fourth-order valence-electron chi connectivity index (χ4n) is 1.84. The van der Waals surface area contributed by atoms with Gasteiger partial charge in [0.15, 0.2) is 0 Å². The van der Waals surface area contributed by atoms with Crippen molar-refractivity contribution in [2.45, 2.75) is 0 Å². The third kappa shape index (κ3) is 1.98. The van der Waals surface area contributed by atoms with E-state index in [1.807, 2.05) is 36.4 Å². The number of aromatic nitrogens is 3. The average molecular weight is 232 g/mol. The molecule has 0 bridgehead atoms. The summed E-state index contributed by atoms with van der Waals surface area (Å²) in [6, 6.07) is 11.7. The molecule has 3 aromatic heterocycles. The molecule has 3 aromatic rings. The first-order chi connectivity index (χ1) is 8.95. The molecule has 0 aliphatic rings. The van der Waals surface area contributed by atoms with Crippen molar-refractivity contribution in [3.63, 3.8) is 0 Å². The molecule has 0 fully saturated rings. The Hall–Kier alpha value is -2.55. The molecule has 0 aliphatic carbocycles. The molecule has 3 nitrogen and oxygen atoms in total. The van der Waals surface area contributed by atoms with E-state index >= 15 is 0 Å². The molecule has 0 saturated heterocycles. The Bertz CT molecular complexity index is 578. The van der Waals surface area contributed by atoms with Crippen LogP contribution in [0.25, 0.3) is 22.4 Å². The molecule has 0 atom stereocenters. The van der Waals surface area contributed by atoms with Crippen LogP contribution in [0.2, 0.25) is 0 Å². The molecular formula is C15H10N3. The van der Waals surface area contributed by atoms with Crippen LogP contribution in [-0.4, -0.2) is 15.0 Å². The molecular weight excluding hydrogens is 222 g/mol. The van der Waals surface area contributed by atoms with Crippen LogP contribution in [0, 0.1) is 6.20 Å². The van der Waals surface area contributed by atoms with Gasteiger partial charge in [-0.05, 0) is 24.3 Å². The minimum Gasteiger partial charge on any atom is -0.265 e. The predicted molar refractivity (Wildman–Crippen MR) is 69.5 cm³/mol. The van der Waals surface area contributed by atoms with Crippen molar-refractivity contribution >= 4 is 0 Å². The second kappa shape index (κ2) is 4.75. The summed E-state index contributed by atoms with van der Waals surface area (Å²) in [5.74, 6) is 0. The topological polar surface area (TPSA) is 38.7 Å². The number of rotatable bonds is 2. The van der Waals surface area contributed by atoms with Crippen LogP contribution >= 0.6 is 0 Å². The van der Waals surface area contributed by atoms with Crippen LogP contribution in [0.15, 0.2) is 61.2 Å². The third-order valence-electron chi connectivity index (χ3n) is 2.66. The largest absolute Gasteiger partial charge is 0.265 e. The van der Waals surface area contributed by atoms with Crippen LogP contribution in [0.3, 0.4) is 0 Å². The van der Waals surface area contributed by atoms with Gasteiger partial charge in [0.05, 0.1) is 11.9 Å². The summed E-state index contributed by atoms with van der Waals surface area (Å²) in [5.41, 5.74) is 3.93. The smallest absolute Gasteiger partial charge is 0.0971 e. The molecule has 3 rings (SSSR count). The first kappa shape index (κ1) is 10.6. The summed E-state index contributed by atoms with van der Waals surface area (Å²) in [7, 11) is 0. The number of hydrogen-bond donors (Lipinski definition) is 0. The molecule has 3 heteroatoms. The lowest BCUT2D eigenvalue weighted by atomic mass is 10.0. The van der Waals surface area contributed by atoms with Crippen LogP contribution < -0.4 is 0 Å². The van der Waals surface area contributed by atoms with Crippen molar-refractivity contribution in [3.8, 4) is 22.4 Å². The fraction of sp³-hybridized carbons (Fsp3) is 0. The van der Waals surface area contributed by atoms with Crippen LogP contribution in [-0.2, 0) is 0 Å². The van der Waals surface area contributed by atoms with Gasteiger partial charge in [0.25, 0.3) is 0 Å². The Morgan fingerprint density at radius 2 is 1.67 bits per heavy atom. The molecule has 0 spiro atoms. The second-order valence-electron chi connectivity index (χ2n) is 3.80. The molecule has 0 aliphatic heterocycles. The third-order valence-corrected chi connectivity index (χ3v) is 2.66. The lowest BCUT2D eigenvalue weighted by Crippen LogP contribution is -1.89. The lowest BCUT2D eigenvalue weighted by Gasteiger charge is -2.07. The molecule has 0 saturated carbocycles. The summed E-state index contributed by atoms with van der Waals surface area (Å²) < 4.78 is 0. The molecule has 18 heavy (non-hydrogen) atoms. The average Bonchev–Trinajstić information content (AvgIpc) is 2.49. The molecule has 0 aromatic carbocycles. The van der Waals surface area contributed by atoms with Crippen molar-refractivity contribution in [1.82, 2.24) is 15.0 Å². The van der Waals surface area contributed by atoms with Crippen molar-refractivity contribution < 1.29 is 0 Å². The predicted octanol–water partition coefficient (Wildman–Crippen LogP) is 3.01. The normalized spacial score (nSPS) is 10.2. The summed E-state index contributed by atoms with van der Waals surface area (Å²) in [4.78, 5) is 12.5. The maximum absolute atomic E-state index is 4.45. The summed E-state index contributed by atoms with van der Waals surface area (Å²) in [6.45, 7) is 0. The van der Waals surface area contributed by atoms with E-state index in [1.54, 1.807) is 24.8 Å². The van der Waals surface area contributed by atoms with E-state index in [9.17, 15) is 0 Å². The van der Waals surface area contributed by atoms with Gasteiger partial charge in [-0.25, -0.2) is 0 Å². The van der Waals surface area contributed by atoms with Crippen LogP contribution in [0.1, 0.15) is 0 Å². The first-order valence-electron chi connectivity index (χ1n) is 5.63. The van der Waals surface area contributed by atoms with Gasteiger partial charge in [0.2, 0.25) is 0 Å². The molecule has 0 unspecified atom stereocenters. The Morgan fingerprint density at radius 1 is 0.833 bits per heavy atom. The van der Waals surface area contributed by atoms with Gasteiger partial charge in [0, 0.05) is 41.5 Å². The highest BCUT2D eigenvalue weighted by Gasteiger charge is 2.07. The second-order valence-corrected chi connectivity index (χ2v) is 3.80. The standard InChI is InChI=1S/C15H10N3/c1-3-13(11-17-7-1)14-4-2-8-18-15(14)12-5-9-16-10-6-12/h1-10H. The van der Waals surface area contributed by atoms with E-state index < -0.39 is 0 Å². The Kier molecular flexibility index (Phi) is 2.80. The van der Waals surface area contributed by atoms with Gasteiger partial charge in [-0.15, -0.1) is 0 Å². The van der Waals surface area contributed by atoms with Gasteiger partial charge >= 0.3 is 0 Å². The molecule has 0 N–H and O–H groups in total. The van der Waals surface area contributed by atoms with E-state index in [0.717, 1.165) is 22.4 Å². The summed E-state index contributed by atoms with van der Waals surface area (Å²) in [5, 5.41) is 0. The van der Waals surface area contributed by atoms with E-state index in [0.29, 0.717) is 0 Å². The zero-order valence-electron chi connectivity index (χ0n) is 9.62. The van der Waals surface area contributed by atoms with Crippen molar-refractivity contribution in [1.29, 1.82) is 0 Å².